The lowest BCUT2D eigenvalue weighted by molar-refractivity contribution is -0.172. The molecule has 0 aromatic heterocycles. The Morgan fingerprint density at radius 2 is 1.43 bits per heavy atom. The number of benzene rings is 3. The van der Waals surface area contributed by atoms with Crippen molar-refractivity contribution in [3.63, 3.8) is 0 Å². The Labute approximate surface area is 209 Å². The Bertz CT molecular complexity index is 1460. The minimum absolute atomic E-state index is 0.0000188. The van der Waals surface area contributed by atoms with Gasteiger partial charge in [-0.1, -0.05) is 42.5 Å². The predicted octanol–water partition coefficient (Wildman–Crippen LogP) is 3.21. The quantitative estimate of drug-likeness (QED) is 0.489. The predicted molar refractivity (Wildman–Crippen MR) is 127 cm³/mol. The summed E-state index contributed by atoms with van der Waals surface area (Å²) in [4.78, 5) is 15.6. The lowest BCUT2D eigenvalue weighted by atomic mass is 9.87. The van der Waals surface area contributed by atoms with Crippen molar-refractivity contribution >= 4 is 27.3 Å². The number of alkyl halides is 4. The number of primary sulfonamides is 1. The van der Waals surface area contributed by atoms with Crippen LogP contribution in [0.4, 0.5) is 28.9 Å². The molecule has 1 amide bonds. The van der Waals surface area contributed by atoms with E-state index in [1.54, 1.807) is 24.3 Å². The van der Waals surface area contributed by atoms with E-state index in [4.69, 9.17) is 5.14 Å². The number of anilines is 2. The van der Waals surface area contributed by atoms with Gasteiger partial charge in [0.05, 0.1) is 30.2 Å². The van der Waals surface area contributed by atoms with Crippen molar-refractivity contribution in [1.82, 2.24) is 0 Å². The Morgan fingerprint density at radius 1 is 0.865 bits per heavy atom. The molecule has 1 saturated heterocycles. The van der Waals surface area contributed by atoms with E-state index in [0.717, 1.165) is 4.90 Å². The third-order valence-electron chi connectivity index (χ3n) is 6.70. The van der Waals surface area contributed by atoms with Crippen LogP contribution < -0.4 is 14.9 Å². The van der Waals surface area contributed by atoms with Gasteiger partial charge >= 0.3 is 11.8 Å². The lowest BCUT2D eigenvalue weighted by Gasteiger charge is -2.24. The van der Waals surface area contributed by atoms with E-state index >= 15 is 0 Å². The number of aliphatic hydroxyl groups is 1. The number of hydrogen-bond acceptors (Lipinski definition) is 5. The maximum Gasteiger partial charge on any atom is 0.329 e. The first-order valence-corrected chi connectivity index (χ1v) is 12.7. The summed E-state index contributed by atoms with van der Waals surface area (Å²) in [6.45, 7) is -2.21. The molecular formula is C25H21F4N3O4S. The number of rotatable bonds is 5. The van der Waals surface area contributed by atoms with Crippen LogP contribution in [0, 0.1) is 0 Å². The minimum Gasteiger partial charge on any atom is -0.372 e. The molecule has 12 heteroatoms. The van der Waals surface area contributed by atoms with E-state index < -0.39 is 46.5 Å². The second-order valence-corrected chi connectivity index (χ2v) is 10.7. The highest BCUT2D eigenvalue weighted by Gasteiger charge is 2.63. The van der Waals surface area contributed by atoms with Gasteiger partial charge in [0.1, 0.15) is 0 Å². The zero-order valence-corrected chi connectivity index (χ0v) is 19.9. The molecule has 194 valence electrons. The molecule has 0 radical (unpaired) electrons. The van der Waals surface area contributed by atoms with Crippen LogP contribution in [-0.4, -0.2) is 44.4 Å². The topological polar surface area (TPSA) is 104 Å². The number of sulfonamides is 1. The molecule has 2 aliphatic heterocycles. The summed E-state index contributed by atoms with van der Waals surface area (Å²) in [6, 6.07) is 17.5. The minimum atomic E-state index is -4.13. The van der Waals surface area contributed by atoms with Crippen LogP contribution in [0.5, 0.6) is 0 Å². The fourth-order valence-electron chi connectivity index (χ4n) is 4.70. The normalized spacial score (nSPS) is 22.4. The summed E-state index contributed by atoms with van der Waals surface area (Å²) in [5.74, 6) is -8.94. The smallest absolute Gasteiger partial charge is 0.329 e. The third kappa shape index (κ3) is 4.05. The molecule has 1 unspecified atom stereocenters. The summed E-state index contributed by atoms with van der Waals surface area (Å²) in [6.07, 6.45) is 0. The molecular weight excluding hydrogens is 514 g/mol. The van der Waals surface area contributed by atoms with Crippen LogP contribution in [0.2, 0.25) is 0 Å². The van der Waals surface area contributed by atoms with Gasteiger partial charge in [0.15, 0.2) is 5.60 Å². The molecule has 1 fully saturated rings. The molecule has 5 rings (SSSR count). The van der Waals surface area contributed by atoms with Crippen molar-refractivity contribution in [1.29, 1.82) is 0 Å². The Kier molecular flexibility index (Phi) is 5.63. The average molecular weight is 536 g/mol. The van der Waals surface area contributed by atoms with E-state index in [9.17, 15) is 35.9 Å². The highest BCUT2D eigenvalue weighted by molar-refractivity contribution is 7.89. The van der Waals surface area contributed by atoms with E-state index in [-0.39, 0.29) is 22.7 Å². The fraction of sp³-hybridized carbons (Fsp3) is 0.240. The van der Waals surface area contributed by atoms with E-state index in [1.165, 1.54) is 53.4 Å². The number of amides is 1. The summed E-state index contributed by atoms with van der Waals surface area (Å²) in [5, 5.41) is 16.7. The number of carbonyl (C=O) groups is 1. The summed E-state index contributed by atoms with van der Waals surface area (Å²) in [5.41, 5.74) is -0.472. The Hall–Kier alpha value is -3.48. The van der Waals surface area contributed by atoms with Crippen LogP contribution in [0.1, 0.15) is 16.7 Å². The van der Waals surface area contributed by atoms with E-state index in [1.807, 2.05) is 0 Å². The van der Waals surface area contributed by atoms with Gasteiger partial charge in [-0.25, -0.2) is 13.6 Å². The molecule has 0 aliphatic carbocycles. The average Bonchev–Trinajstić information content (AvgIpc) is 3.20. The van der Waals surface area contributed by atoms with Crippen LogP contribution in [-0.2, 0) is 27.0 Å². The van der Waals surface area contributed by atoms with Crippen molar-refractivity contribution in [2.75, 3.05) is 22.9 Å². The number of fused-ring (bicyclic) bond motifs is 1. The molecule has 2 heterocycles. The first kappa shape index (κ1) is 25.2. The number of nitrogens with two attached hydrogens (primary N) is 1. The van der Waals surface area contributed by atoms with Crippen molar-refractivity contribution in [3.8, 4) is 0 Å². The number of carbonyl (C=O) groups excluding carboxylic acids is 1. The van der Waals surface area contributed by atoms with Gasteiger partial charge in [-0.3, -0.25) is 4.79 Å². The number of hydrogen-bond donors (Lipinski definition) is 2. The molecule has 0 saturated carbocycles. The maximum absolute atomic E-state index is 13.6. The number of nitrogens with zero attached hydrogens (tertiary/aromatic N) is 2. The van der Waals surface area contributed by atoms with Crippen LogP contribution in [0.15, 0.2) is 77.7 Å². The molecule has 0 bridgehead atoms. The standard InChI is InChI=1S/C25H21F4N3O4S/c26-23(27)14-31(15-24(23,28)29)18-9-5-16(6-10-18)13-32-21-4-2-1-3-20(21)25(34,22(32)33)17-7-11-19(12-8-17)37(30,35)36/h1-12,34H,13-15H2,(H2,30,35,36). The second kappa shape index (κ2) is 8.27. The first-order valence-electron chi connectivity index (χ1n) is 11.1. The van der Waals surface area contributed by atoms with Gasteiger partial charge in [0.25, 0.3) is 5.91 Å². The van der Waals surface area contributed by atoms with E-state index in [0.29, 0.717) is 16.8 Å². The van der Waals surface area contributed by atoms with Crippen LogP contribution >= 0.6 is 0 Å². The van der Waals surface area contributed by atoms with Crippen molar-refractivity contribution in [3.05, 3.63) is 89.5 Å². The number of halogens is 4. The van der Waals surface area contributed by atoms with Gasteiger partial charge < -0.3 is 14.9 Å². The maximum atomic E-state index is 13.6. The summed E-state index contributed by atoms with van der Waals surface area (Å²) in [7, 11) is -3.97. The largest absolute Gasteiger partial charge is 0.372 e. The van der Waals surface area contributed by atoms with Crippen LogP contribution in [0.3, 0.4) is 0 Å². The molecule has 3 aromatic carbocycles. The Morgan fingerprint density at radius 3 is 2.00 bits per heavy atom. The van der Waals surface area contributed by atoms with Crippen LogP contribution in [0.25, 0.3) is 0 Å². The highest BCUT2D eigenvalue weighted by Crippen LogP contribution is 2.45. The lowest BCUT2D eigenvalue weighted by Crippen LogP contribution is -2.40. The summed E-state index contributed by atoms with van der Waals surface area (Å²) < 4.78 is 77.6. The fourth-order valence-corrected chi connectivity index (χ4v) is 5.22. The van der Waals surface area contributed by atoms with Crippen molar-refractivity contribution < 1.29 is 35.9 Å². The summed E-state index contributed by atoms with van der Waals surface area (Å²) >= 11 is 0. The molecule has 3 N–H and O–H groups in total. The SMILES string of the molecule is NS(=O)(=O)c1ccc(C2(O)C(=O)N(Cc3ccc(N4CC(F)(F)C(F)(F)C4)cc3)c3ccccc32)cc1. The van der Waals surface area contributed by atoms with Crippen molar-refractivity contribution in [2.24, 2.45) is 5.14 Å². The zero-order chi connectivity index (χ0) is 26.8. The molecule has 37 heavy (non-hydrogen) atoms. The van der Waals surface area contributed by atoms with E-state index in [2.05, 4.69) is 0 Å². The van der Waals surface area contributed by atoms with Gasteiger partial charge in [0.2, 0.25) is 10.0 Å². The number of para-hydroxylation sites is 1. The third-order valence-corrected chi connectivity index (χ3v) is 7.63. The Balaban J connectivity index is 1.43. The molecule has 7 nitrogen and oxygen atoms in total. The van der Waals surface area contributed by atoms with Gasteiger partial charge in [-0.05, 0) is 41.5 Å². The van der Waals surface area contributed by atoms with Gasteiger partial charge in [0, 0.05) is 11.3 Å². The molecule has 2 aliphatic rings. The molecule has 1 atom stereocenters. The molecule has 0 spiro atoms. The first-order chi connectivity index (χ1) is 17.2. The monoisotopic (exact) mass is 535 g/mol. The molecule has 3 aromatic rings. The van der Waals surface area contributed by atoms with Crippen molar-refractivity contribution in [2.45, 2.75) is 28.9 Å². The zero-order valence-electron chi connectivity index (χ0n) is 19.1. The van der Waals surface area contributed by atoms with Gasteiger partial charge in [-0.15, -0.1) is 0 Å². The second-order valence-electron chi connectivity index (χ2n) is 9.12. The highest BCUT2D eigenvalue weighted by atomic mass is 32.2. The van der Waals surface area contributed by atoms with Gasteiger partial charge in [-0.2, -0.15) is 17.6 Å².